The average Bonchev–Trinajstić information content (AvgIpc) is 2.32. The van der Waals surface area contributed by atoms with Gasteiger partial charge in [-0.05, 0) is 26.2 Å². The Hall–Kier alpha value is -1.27. The molecule has 19 heavy (non-hydrogen) atoms. The van der Waals surface area contributed by atoms with E-state index in [2.05, 4.69) is 31.3 Å². The van der Waals surface area contributed by atoms with Crippen molar-refractivity contribution in [2.24, 2.45) is 0 Å². The van der Waals surface area contributed by atoms with Crippen LogP contribution >= 0.6 is 0 Å². The van der Waals surface area contributed by atoms with E-state index >= 15 is 0 Å². The molecule has 0 aromatic heterocycles. The van der Waals surface area contributed by atoms with Crippen LogP contribution in [0.15, 0.2) is 22.9 Å². The zero-order chi connectivity index (χ0) is 14.9. The van der Waals surface area contributed by atoms with Crippen LogP contribution in [0.1, 0.15) is 32.6 Å². The van der Waals surface area contributed by atoms with Gasteiger partial charge in [0, 0.05) is 12.0 Å². The Bertz CT molecular complexity index is 392. The number of ether oxygens (including phenoxy) is 1. The molecule has 0 atom stereocenters. The standard InChI is InChI=1S/C16H26O2Si/c1-7-8-9-10-15(13-19(4,5)6)12-11-14(2)16(17)18-3/h1,11,13H,8-10,12H2,2-6H3/b14-11+,15-13-. The van der Waals surface area contributed by atoms with Gasteiger partial charge in [-0.3, -0.25) is 0 Å². The molecule has 106 valence electrons. The number of carbonyl (C=O) groups excluding carboxylic acids is 1. The molecular formula is C16H26O2Si. The highest BCUT2D eigenvalue weighted by atomic mass is 28.3. The molecule has 0 spiro atoms. The quantitative estimate of drug-likeness (QED) is 0.230. The maximum atomic E-state index is 11.3. The highest BCUT2D eigenvalue weighted by molar-refractivity contribution is 6.81. The molecule has 0 aromatic carbocycles. The first-order chi connectivity index (χ1) is 8.80. The van der Waals surface area contributed by atoms with Crippen molar-refractivity contribution in [2.45, 2.75) is 52.2 Å². The summed E-state index contributed by atoms with van der Waals surface area (Å²) in [4.78, 5) is 11.3. The molecule has 0 radical (unpaired) electrons. The van der Waals surface area contributed by atoms with E-state index in [1.54, 1.807) is 6.92 Å². The van der Waals surface area contributed by atoms with Gasteiger partial charge >= 0.3 is 5.97 Å². The molecule has 0 saturated heterocycles. The van der Waals surface area contributed by atoms with E-state index in [0.29, 0.717) is 5.57 Å². The fourth-order valence-corrected chi connectivity index (χ4v) is 3.28. The van der Waals surface area contributed by atoms with Gasteiger partial charge in [0.25, 0.3) is 0 Å². The smallest absolute Gasteiger partial charge is 0.333 e. The third-order valence-electron chi connectivity index (χ3n) is 2.63. The van der Waals surface area contributed by atoms with Crippen LogP contribution in [0.4, 0.5) is 0 Å². The van der Waals surface area contributed by atoms with Crippen molar-refractivity contribution in [3.05, 3.63) is 22.9 Å². The van der Waals surface area contributed by atoms with Crippen molar-refractivity contribution in [3.63, 3.8) is 0 Å². The lowest BCUT2D eigenvalue weighted by atomic mass is 10.1. The summed E-state index contributed by atoms with van der Waals surface area (Å²) >= 11 is 0. The molecular weight excluding hydrogens is 252 g/mol. The van der Waals surface area contributed by atoms with E-state index < -0.39 is 8.07 Å². The Kier molecular flexibility index (Phi) is 8.18. The number of unbranched alkanes of at least 4 members (excludes halogenated alkanes) is 1. The highest BCUT2D eigenvalue weighted by Crippen LogP contribution is 2.18. The monoisotopic (exact) mass is 278 g/mol. The van der Waals surface area contributed by atoms with E-state index in [0.717, 1.165) is 25.7 Å². The van der Waals surface area contributed by atoms with Gasteiger partial charge in [0.1, 0.15) is 0 Å². The van der Waals surface area contributed by atoms with Gasteiger partial charge in [0.05, 0.1) is 15.2 Å². The molecule has 0 fully saturated rings. The van der Waals surface area contributed by atoms with Crippen LogP contribution in [0.25, 0.3) is 0 Å². The van der Waals surface area contributed by atoms with Crippen LogP contribution in [0, 0.1) is 12.3 Å². The van der Waals surface area contributed by atoms with Gasteiger partial charge in [-0.1, -0.05) is 37.0 Å². The topological polar surface area (TPSA) is 26.3 Å². The average molecular weight is 278 g/mol. The number of esters is 1. The minimum absolute atomic E-state index is 0.254. The third kappa shape index (κ3) is 9.32. The molecule has 2 nitrogen and oxygen atoms in total. The van der Waals surface area contributed by atoms with Crippen molar-refractivity contribution >= 4 is 14.0 Å². The fraction of sp³-hybridized carbons (Fsp3) is 0.562. The zero-order valence-electron chi connectivity index (χ0n) is 12.9. The second-order valence-corrected chi connectivity index (χ2v) is 10.8. The van der Waals surface area contributed by atoms with Gasteiger partial charge in [0.2, 0.25) is 0 Å². The Morgan fingerprint density at radius 1 is 1.37 bits per heavy atom. The summed E-state index contributed by atoms with van der Waals surface area (Å²) in [6.07, 6.45) is 10.9. The fourth-order valence-electron chi connectivity index (χ4n) is 1.79. The predicted octanol–water partition coefficient (Wildman–Crippen LogP) is 4.10. The molecule has 0 N–H and O–H groups in total. The molecule has 0 rings (SSSR count). The minimum Gasteiger partial charge on any atom is -0.466 e. The lowest BCUT2D eigenvalue weighted by Crippen LogP contribution is -2.17. The largest absolute Gasteiger partial charge is 0.466 e. The van der Waals surface area contributed by atoms with E-state index in [1.807, 2.05) is 6.08 Å². The van der Waals surface area contributed by atoms with Crippen molar-refractivity contribution in [2.75, 3.05) is 7.11 Å². The van der Waals surface area contributed by atoms with Gasteiger partial charge < -0.3 is 4.74 Å². The molecule has 0 heterocycles. The summed E-state index contributed by atoms with van der Waals surface area (Å²) < 4.78 is 4.70. The van der Waals surface area contributed by atoms with Crippen LogP contribution in [-0.2, 0) is 9.53 Å². The third-order valence-corrected chi connectivity index (χ3v) is 3.91. The lowest BCUT2D eigenvalue weighted by Gasteiger charge is -2.14. The second kappa shape index (κ2) is 8.76. The van der Waals surface area contributed by atoms with Crippen molar-refractivity contribution < 1.29 is 9.53 Å². The first kappa shape index (κ1) is 17.7. The van der Waals surface area contributed by atoms with Crippen LogP contribution in [0.3, 0.4) is 0 Å². The molecule has 0 amide bonds. The summed E-state index contributed by atoms with van der Waals surface area (Å²) in [7, 11) is 0.161. The van der Waals surface area contributed by atoms with E-state index in [1.165, 1.54) is 12.7 Å². The number of hydrogen-bond acceptors (Lipinski definition) is 2. The number of terminal acetylenes is 1. The summed E-state index contributed by atoms with van der Waals surface area (Å²) in [5.74, 6) is 2.42. The maximum Gasteiger partial charge on any atom is 0.333 e. The predicted molar refractivity (Wildman–Crippen MR) is 84.5 cm³/mol. The first-order valence-electron chi connectivity index (χ1n) is 6.69. The Morgan fingerprint density at radius 3 is 2.47 bits per heavy atom. The summed E-state index contributed by atoms with van der Waals surface area (Å²) in [6, 6.07) is 0. The molecule has 0 saturated carbocycles. The van der Waals surface area contributed by atoms with Gasteiger partial charge in [-0.25, -0.2) is 4.79 Å². The van der Waals surface area contributed by atoms with Gasteiger partial charge in [-0.15, -0.1) is 12.3 Å². The Morgan fingerprint density at radius 2 is 2.00 bits per heavy atom. The summed E-state index contributed by atoms with van der Waals surface area (Å²) in [5.41, 5.74) is 4.46. The highest BCUT2D eigenvalue weighted by Gasteiger charge is 2.11. The van der Waals surface area contributed by atoms with Gasteiger partial charge in [-0.2, -0.15) is 0 Å². The second-order valence-electron chi connectivity index (χ2n) is 5.81. The molecule has 0 aliphatic heterocycles. The number of methoxy groups -OCH3 is 1. The lowest BCUT2D eigenvalue weighted by molar-refractivity contribution is -0.136. The van der Waals surface area contributed by atoms with Crippen molar-refractivity contribution in [3.8, 4) is 12.3 Å². The minimum atomic E-state index is -1.25. The summed E-state index contributed by atoms with van der Waals surface area (Å²) in [5, 5.41) is 0. The molecule has 0 aliphatic rings. The van der Waals surface area contributed by atoms with E-state index in [4.69, 9.17) is 11.2 Å². The number of allylic oxidation sites excluding steroid dienone is 2. The Labute approximate surface area is 118 Å². The SMILES string of the molecule is C#CCCC/C(=C/[Si](C)(C)C)C/C=C(\C)C(=O)OC. The summed E-state index contributed by atoms with van der Waals surface area (Å²) in [6.45, 7) is 8.72. The zero-order valence-corrected chi connectivity index (χ0v) is 13.9. The van der Waals surface area contributed by atoms with Crippen molar-refractivity contribution in [1.82, 2.24) is 0 Å². The van der Waals surface area contributed by atoms with Crippen LogP contribution < -0.4 is 0 Å². The molecule has 3 heteroatoms. The first-order valence-corrected chi connectivity index (χ1v) is 10.3. The molecule has 0 aromatic rings. The molecule has 0 aliphatic carbocycles. The van der Waals surface area contributed by atoms with E-state index in [9.17, 15) is 4.79 Å². The number of carbonyl (C=O) groups is 1. The van der Waals surface area contributed by atoms with Crippen molar-refractivity contribution in [1.29, 1.82) is 0 Å². The van der Waals surface area contributed by atoms with Gasteiger partial charge in [0.15, 0.2) is 0 Å². The normalized spacial score (nSPS) is 13.1. The maximum absolute atomic E-state index is 11.3. The van der Waals surface area contributed by atoms with Crippen LogP contribution in [0.5, 0.6) is 0 Å². The van der Waals surface area contributed by atoms with Crippen LogP contribution in [-0.4, -0.2) is 21.2 Å². The number of hydrogen-bond donors (Lipinski definition) is 0. The van der Waals surface area contributed by atoms with E-state index in [-0.39, 0.29) is 5.97 Å². The molecule has 0 bridgehead atoms. The molecule has 0 unspecified atom stereocenters. The number of rotatable bonds is 7. The Balaban J connectivity index is 4.74. The van der Waals surface area contributed by atoms with Crippen LogP contribution in [0.2, 0.25) is 19.6 Å².